The van der Waals surface area contributed by atoms with Crippen molar-refractivity contribution in [1.29, 1.82) is 0 Å². The zero-order valence-electron chi connectivity index (χ0n) is 10.9. The summed E-state index contributed by atoms with van der Waals surface area (Å²) in [5.41, 5.74) is 1.21. The molecule has 4 nitrogen and oxygen atoms in total. The van der Waals surface area contributed by atoms with Crippen molar-refractivity contribution in [2.75, 3.05) is 11.0 Å². The van der Waals surface area contributed by atoms with Gasteiger partial charge in [-0.25, -0.2) is 8.42 Å². The maximum Gasteiger partial charge on any atom is 0.229 e. The van der Waals surface area contributed by atoms with E-state index in [0.29, 0.717) is 21.8 Å². The molecule has 2 aromatic carbocycles. The van der Waals surface area contributed by atoms with Gasteiger partial charge in [0.25, 0.3) is 0 Å². The fourth-order valence-corrected chi connectivity index (χ4v) is 2.86. The largest absolute Gasteiger partial charge is 0.289 e. The Hall–Kier alpha value is -1.37. The molecule has 0 bridgehead atoms. The van der Waals surface area contributed by atoms with Gasteiger partial charge >= 0.3 is 0 Å². The summed E-state index contributed by atoms with van der Waals surface area (Å²) in [6.07, 6.45) is 1.06. The quantitative estimate of drug-likeness (QED) is 0.812. The first-order valence-corrected chi connectivity index (χ1v) is 8.90. The van der Waals surface area contributed by atoms with Crippen LogP contribution in [-0.2, 0) is 10.0 Å². The van der Waals surface area contributed by atoms with Crippen molar-refractivity contribution in [2.24, 2.45) is 0 Å². The zero-order valence-corrected chi connectivity index (χ0v) is 14.1. The molecular weight excluding hydrogens is 378 g/mol. The summed E-state index contributed by atoms with van der Waals surface area (Å²) in [6, 6.07) is 11.2. The maximum atomic E-state index is 12.4. The Labute approximate surface area is 136 Å². The number of sulfonamides is 1. The van der Waals surface area contributed by atoms with E-state index in [1.807, 2.05) is 0 Å². The van der Waals surface area contributed by atoms with Gasteiger partial charge in [0, 0.05) is 21.3 Å². The third-order valence-electron chi connectivity index (χ3n) is 2.62. The predicted octanol–water partition coefficient (Wildman–Crippen LogP) is 3.71. The van der Waals surface area contributed by atoms with Gasteiger partial charge in [-0.05, 0) is 42.5 Å². The topological polar surface area (TPSA) is 63.2 Å². The average Bonchev–Trinajstić information content (AvgIpc) is 2.40. The van der Waals surface area contributed by atoms with E-state index in [1.54, 1.807) is 30.3 Å². The van der Waals surface area contributed by atoms with Gasteiger partial charge in [-0.1, -0.05) is 27.5 Å². The summed E-state index contributed by atoms with van der Waals surface area (Å²) < 4.78 is 25.3. The van der Waals surface area contributed by atoms with Crippen LogP contribution < -0.4 is 4.72 Å². The summed E-state index contributed by atoms with van der Waals surface area (Å²) in [5.74, 6) is -0.229. The van der Waals surface area contributed by atoms with Crippen molar-refractivity contribution < 1.29 is 13.2 Å². The Morgan fingerprint density at radius 1 is 1.14 bits per heavy atom. The molecule has 0 aliphatic carbocycles. The van der Waals surface area contributed by atoms with E-state index in [2.05, 4.69) is 20.7 Å². The van der Waals surface area contributed by atoms with E-state index in [1.165, 1.54) is 12.1 Å². The highest BCUT2D eigenvalue weighted by Gasteiger charge is 2.13. The lowest BCUT2D eigenvalue weighted by atomic mass is 10.0. The lowest BCUT2D eigenvalue weighted by Gasteiger charge is -2.07. The van der Waals surface area contributed by atoms with Crippen molar-refractivity contribution in [2.45, 2.75) is 0 Å². The third kappa shape index (κ3) is 4.30. The van der Waals surface area contributed by atoms with Crippen molar-refractivity contribution in [1.82, 2.24) is 0 Å². The molecule has 7 heteroatoms. The Balaban J connectivity index is 2.30. The standard InChI is InChI=1S/C14H11BrClNO3S/c1-21(19,20)17-11-5-2-9(3-6-11)14(18)12-8-10(15)4-7-13(12)16/h2-8,17H,1H3. The van der Waals surface area contributed by atoms with Gasteiger partial charge in [0.05, 0.1) is 11.3 Å². The Bertz CT molecular complexity index is 788. The average molecular weight is 389 g/mol. The van der Waals surface area contributed by atoms with E-state index in [9.17, 15) is 13.2 Å². The van der Waals surface area contributed by atoms with Crippen LogP contribution in [0.2, 0.25) is 5.02 Å². The number of hydrogen-bond donors (Lipinski definition) is 1. The monoisotopic (exact) mass is 387 g/mol. The third-order valence-corrected chi connectivity index (χ3v) is 4.05. The Morgan fingerprint density at radius 2 is 1.76 bits per heavy atom. The highest BCUT2D eigenvalue weighted by molar-refractivity contribution is 9.10. The maximum absolute atomic E-state index is 12.4. The van der Waals surface area contributed by atoms with Crippen LogP contribution in [0.4, 0.5) is 5.69 Å². The molecule has 0 atom stereocenters. The van der Waals surface area contributed by atoms with Gasteiger partial charge in [0.1, 0.15) is 0 Å². The summed E-state index contributed by atoms with van der Waals surface area (Å²) in [4.78, 5) is 12.4. The molecule has 1 N–H and O–H groups in total. The summed E-state index contributed by atoms with van der Waals surface area (Å²) in [5, 5.41) is 0.363. The zero-order chi connectivity index (χ0) is 15.6. The van der Waals surface area contributed by atoms with Gasteiger partial charge in [0.2, 0.25) is 10.0 Å². The van der Waals surface area contributed by atoms with E-state index < -0.39 is 10.0 Å². The number of benzene rings is 2. The van der Waals surface area contributed by atoms with E-state index in [-0.39, 0.29) is 5.78 Å². The fourth-order valence-electron chi connectivity index (χ4n) is 1.73. The number of carbonyl (C=O) groups excluding carboxylic acids is 1. The van der Waals surface area contributed by atoms with Crippen LogP contribution in [0.1, 0.15) is 15.9 Å². The summed E-state index contributed by atoms with van der Waals surface area (Å²) in [6.45, 7) is 0. The molecule has 0 fully saturated rings. The normalized spacial score (nSPS) is 11.2. The van der Waals surface area contributed by atoms with Crippen LogP contribution >= 0.6 is 27.5 Å². The first kappa shape index (κ1) is 16.0. The highest BCUT2D eigenvalue weighted by Crippen LogP contribution is 2.24. The molecule has 0 radical (unpaired) electrons. The molecule has 0 unspecified atom stereocenters. The smallest absolute Gasteiger partial charge is 0.229 e. The minimum absolute atomic E-state index is 0.229. The molecule has 0 saturated carbocycles. The summed E-state index contributed by atoms with van der Waals surface area (Å²) in [7, 11) is -3.34. The molecule has 110 valence electrons. The van der Waals surface area contributed by atoms with E-state index in [4.69, 9.17) is 11.6 Å². The van der Waals surface area contributed by atoms with Gasteiger partial charge in [-0.3, -0.25) is 9.52 Å². The molecule has 2 rings (SSSR count). The van der Waals surface area contributed by atoms with Crippen LogP contribution in [0.15, 0.2) is 46.9 Å². The van der Waals surface area contributed by atoms with Crippen molar-refractivity contribution >= 4 is 49.0 Å². The van der Waals surface area contributed by atoms with Crippen molar-refractivity contribution in [3.05, 3.63) is 63.1 Å². The van der Waals surface area contributed by atoms with Crippen LogP contribution in [0.25, 0.3) is 0 Å². The number of nitrogens with one attached hydrogen (secondary N) is 1. The molecule has 0 saturated heterocycles. The second-order valence-corrected chi connectivity index (χ2v) is 7.48. The number of halogens is 2. The summed E-state index contributed by atoms with van der Waals surface area (Å²) >= 11 is 9.32. The van der Waals surface area contributed by atoms with Gasteiger partial charge in [-0.15, -0.1) is 0 Å². The first-order chi connectivity index (χ1) is 9.76. The number of hydrogen-bond acceptors (Lipinski definition) is 3. The van der Waals surface area contributed by atoms with Crippen molar-refractivity contribution in [3.63, 3.8) is 0 Å². The number of carbonyl (C=O) groups is 1. The lowest BCUT2D eigenvalue weighted by molar-refractivity contribution is 0.103. The second kappa shape index (κ2) is 6.17. The van der Waals surface area contributed by atoms with E-state index in [0.717, 1.165) is 10.7 Å². The molecule has 0 amide bonds. The molecule has 2 aromatic rings. The molecule has 0 aliphatic rings. The second-order valence-electron chi connectivity index (χ2n) is 4.40. The molecule has 21 heavy (non-hydrogen) atoms. The first-order valence-electron chi connectivity index (χ1n) is 5.84. The minimum atomic E-state index is -3.34. The van der Waals surface area contributed by atoms with Gasteiger partial charge < -0.3 is 0 Å². The number of ketones is 1. The number of rotatable bonds is 4. The highest BCUT2D eigenvalue weighted by atomic mass is 79.9. The van der Waals surface area contributed by atoms with Crippen LogP contribution in [0.3, 0.4) is 0 Å². The Kier molecular flexibility index (Phi) is 4.70. The van der Waals surface area contributed by atoms with Crippen LogP contribution in [-0.4, -0.2) is 20.5 Å². The van der Waals surface area contributed by atoms with Gasteiger partial charge in [-0.2, -0.15) is 0 Å². The van der Waals surface area contributed by atoms with Crippen molar-refractivity contribution in [3.8, 4) is 0 Å². The SMILES string of the molecule is CS(=O)(=O)Nc1ccc(C(=O)c2cc(Br)ccc2Cl)cc1. The van der Waals surface area contributed by atoms with E-state index >= 15 is 0 Å². The van der Waals surface area contributed by atoms with Crippen LogP contribution in [0, 0.1) is 0 Å². The molecule has 0 heterocycles. The molecular formula is C14H11BrClNO3S. The Morgan fingerprint density at radius 3 is 2.33 bits per heavy atom. The molecule has 0 spiro atoms. The van der Waals surface area contributed by atoms with Gasteiger partial charge in [0.15, 0.2) is 5.78 Å². The molecule has 0 aromatic heterocycles. The molecule has 0 aliphatic heterocycles. The lowest BCUT2D eigenvalue weighted by Crippen LogP contribution is -2.09. The van der Waals surface area contributed by atoms with Crippen LogP contribution in [0.5, 0.6) is 0 Å². The number of anilines is 1. The predicted molar refractivity (Wildman–Crippen MR) is 87.5 cm³/mol. The minimum Gasteiger partial charge on any atom is -0.289 e. The fraction of sp³-hybridized carbons (Fsp3) is 0.0714.